The zero-order chi connectivity index (χ0) is 20.7. The fourth-order valence-corrected chi connectivity index (χ4v) is 2.57. The van der Waals surface area contributed by atoms with Crippen LogP contribution in [0.1, 0.15) is 36.6 Å². The molecule has 28 heavy (non-hydrogen) atoms. The maximum Gasteiger partial charge on any atom is 0.416 e. The number of rotatable bonds is 7. The Labute approximate surface area is 162 Å². The molecule has 0 aliphatic carbocycles. The Morgan fingerprint density at radius 2 is 1.82 bits per heavy atom. The lowest BCUT2D eigenvalue weighted by Gasteiger charge is -2.16. The molecule has 0 fully saturated rings. The second-order valence-corrected chi connectivity index (χ2v) is 6.11. The van der Waals surface area contributed by atoms with Gasteiger partial charge in [-0.2, -0.15) is 13.2 Å². The third-order valence-corrected chi connectivity index (χ3v) is 4.02. The van der Waals surface area contributed by atoms with Gasteiger partial charge in [-0.15, -0.1) is 0 Å². The van der Waals surface area contributed by atoms with Crippen LogP contribution >= 0.6 is 0 Å². The molecule has 1 unspecified atom stereocenters. The predicted octanol–water partition coefficient (Wildman–Crippen LogP) is 5.00. The first kappa shape index (κ1) is 21.3. The third kappa shape index (κ3) is 5.77. The van der Waals surface area contributed by atoms with E-state index in [1.807, 2.05) is 25.1 Å². The number of hydrogen-bond donors (Lipinski definition) is 1. The summed E-state index contributed by atoms with van der Waals surface area (Å²) in [5.41, 5.74) is 0.772. The normalized spacial score (nSPS) is 12.6. The Morgan fingerprint density at radius 3 is 2.39 bits per heavy atom. The summed E-state index contributed by atoms with van der Waals surface area (Å²) in [5, 5.41) is 2.70. The molecule has 0 radical (unpaired) electrons. The number of carbonyl (C=O) groups excluding carboxylic acids is 1. The molecule has 0 aromatic heterocycles. The van der Waals surface area contributed by atoms with Crippen LogP contribution in [0.2, 0.25) is 0 Å². The molecule has 2 rings (SSSR count). The van der Waals surface area contributed by atoms with Gasteiger partial charge in [0.1, 0.15) is 0 Å². The van der Waals surface area contributed by atoms with Gasteiger partial charge in [-0.1, -0.05) is 30.4 Å². The minimum absolute atomic E-state index is 0.246. The predicted molar refractivity (Wildman–Crippen MR) is 101 cm³/mol. The van der Waals surface area contributed by atoms with E-state index in [1.54, 1.807) is 19.1 Å². The number of nitrogens with one attached hydrogen (secondary N) is 1. The number of allylic oxidation sites excluding steroid dienone is 1. The van der Waals surface area contributed by atoms with Crippen molar-refractivity contribution in [2.75, 3.05) is 13.7 Å². The van der Waals surface area contributed by atoms with Crippen LogP contribution in [0.5, 0.6) is 11.5 Å². The van der Waals surface area contributed by atoms with Crippen molar-refractivity contribution in [1.82, 2.24) is 5.32 Å². The van der Waals surface area contributed by atoms with E-state index in [2.05, 4.69) is 5.32 Å². The summed E-state index contributed by atoms with van der Waals surface area (Å²) in [6.07, 6.45) is -0.587. The molecular formula is C21H22F3NO3. The van der Waals surface area contributed by atoms with E-state index in [0.717, 1.165) is 17.7 Å². The number of carbonyl (C=O) groups is 1. The maximum absolute atomic E-state index is 12.6. The summed E-state index contributed by atoms with van der Waals surface area (Å²) in [6.45, 7) is 3.34. The van der Waals surface area contributed by atoms with E-state index in [1.165, 1.54) is 19.2 Å². The number of hydrogen-bond acceptors (Lipinski definition) is 3. The molecule has 2 aromatic rings. The largest absolute Gasteiger partial charge is 0.493 e. The molecule has 2 aromatic carbocycles. The summed E-state index contributed by atoms with van der Waals surface area (Å²) in [5.74, 6) is 0.527. The molecule has 0 aliphatic rings. The van der Waals surface area contributed by atoms with Gasteiger partial charge in [-0.3, -0.25) is 4.79 Å². The smallest absolute Gasteiger partial charge is 0.416 e. The van der Waals surface area contributed by atoms with E-state index in [0.29, 0.717) is 17.1 Å². The second kappa shape index (κ2) is 9.30. The van der Waals surface area contributed by atoms with Gasteiger partial charge in [0.15, 0.2) is 18.1 Å². The minimum atomic E-state index is -4.39. The van der Waals surface area contributed by atoms with E-state index in [4.69, 9.17) is 9.47 Å². The van der Waals surface area contributed by atoms with Crippen molar-refractivity contribution in [2.45, 2.75) is 26.1 Å². The molecule has 0 bridgehead atoms. The topological polar surface area (TPSA) is 47.6 Å². The lowest BCUT2D eigenvalue weighted by molar-refractivity contribution is -0.137. The molecule has 7 heteroatoms. The SMILES string of the molecule is C/C=C/c1ccc(OCC(=O)NC(C)c2ccc(C(F)(F)F)cc2)c(OC)c1. The first-order chi connectivity index (χ1) is 13.2. The van der Waals surface area contributed by atoms with Gasteiger partial charge in [0.2, 0.25) is 0 Å². The van der Waals surface area contributed by atoms with Gasteiger partial charge in [0.05, 0.1) is 18.7 Å². The summed E-state index contributed by atoms with van der Waals surface area (Å²) in [4.78, 5) is 12.1. The number of methoxy groups -OCH3 is 1. The first-order valence-corrected chi connectivity index (χ1v) is 8.64. The average molecular weight is 393 g/mol. The molecule has 1 N–H and O–H groups in total. The van der Waals surface area contributed by atoms with Crippen molar-refractivity contribution in [3.63, 3.8) is 0 Å². The number of amides is 1. The fraction of sp³-hybridized carbons (Fsp3) is 0.286. The van der Waals surface area contributed by atoms with Crippen LogP contribution in [-0.2, 0) is 11.0 Å². The van der Waals surface area contributed by atoms with Crippen LogP contribution in [-0.4, -0.2) is 19.6 Å². The number of benzene rings is 2. The van der Waals surface area contributed by atoms with Gasteiger partial charge >= 0.3 is 6.18 Å². The van der Waals surface area contributed by atoms with E-state index in [9.17, 15) is 18.0 Å². The van der Waals surface area contributed by atoms with Gasteiger partial charge in [0, 0.05) is 0 Å². The van der Waals surface area contributed by atoms with Crippen LogP contribution in [0.25, 0.3) is 6.08 Å². The molecule has 0 heterocycles. The van der Waals surface area contributed by atoms with Crippen LogP contribution in [0.3, 0.4) is 0 Å². The summed E-state index contributed by atoms with van der Waals surface area (Å²) in [7, 11) is 1.51. The molecule has 150 valence electrons. The molecule has 0 saturated heterocycles. The molecule has 1 atom stereocenters. The van der Waals surface area contributed by atoms with Crippen molar-refractivity contribution in [1.29, 1.82) is 0 Å². The van der Waals surface area contributed by atoms with Crippen molar-refractivity contribution in [3.05, 3.63) is 65.2 Å². The Kier molecular flexibility index (Phi) is 7.09. The highest BCUT2D eigenvalue weighted by Gasteiger charge is 2.30. The van der Waals surface area contributed by atoms with E-state index in [-0.39, 0.29) is 6.61 Å². The molecule has 0 spiro atoms. The highest BCUT2D eigenvalue weighted by Crippen LogP contribution is 2.30. The highest BCUT2D eigenvalue weighted by molar-refractivity contribution is 5.78. The molecular weight excluding hydrogens is 371 g/mol. The second-order valence-electron chi connectivity index (χ2n) is 6.11. The molecule has 0 saturated carbocycles. The van der Waals surface area contributed by atoms with Crippen LogP contribution in [0.15, 0.2) is 48.5 Å². The third-order valence-electron chi connectivity index (χ3n) is 4.02. The Hall–Kier alpha value is -2.96. The Morgan fingerprint density at radius 1 is 1.14 bits per heavy atom. The van der Waals surface area contributed by atoms with Gasteiger partial charge < -0.3 is 14.8 Å². The highest BCUT2D eigenvalue weighted by atomic mass is 19.4. The minimum Gasteiger partial charge on any atom is -0.493 e. The Bertz CT molecular complexity index is 830. The Balaban J connectivity index is 1.95. The van der Waals surface area contributed by atoms with Crippen molar-refractivity contribution >= 4 is 12.0 Å². The van der Waals surface area contributed by atoms with Gasteiger partial charge in [-0.05, 0) is 49.2 Å². The van der Waals surface area contributed by atoms with Crippen LogP contribution < -0.4 is 14.8 Å². The quantitative estimate of drug-likeness (QED) is 0.720. The summed E-state index contributed by atoms with van der Waals surface area (Å²) >= 11 is 0. The average Bonchev–Trinajstić information content (AvgIpc) is 2.66. The van der Waals surface area contributed by atoms with Gasteiger partial charge in [-0.25, -0.2) is 0 Å². The van der Waals surface area contributed by atoms with Crippen molar-refractivity contribution in [3.8, 4) is 11.5 Å². The summed E-state index contributed by atoms with van der Waals surface area (Å²) < 4.78 is 48.7. The molecule has 1 amide bonds. The van der Waals surface area contributed by atoms with Crippen molar-refractivity contribution in [2.24, 2.45) is 0 Å². The first-order valence-electron chi connectivity index (χ1n) is 8.64. The zero-order valence-electron chi connectivity index (χ0n) is 15.8. The van der Waals surface area contributed by atoms with Crippen LogP contribution in [0.4, 0.5) is 13.2 Å². The number of halogens is 3. The molecule has 4 nitrogen and oxygen atoms in total. The monoisotopic (exact) mass is 393 g/mol. The number of alkyl halides is 3. The van der Waals surface area contributed by atoms with Gasteiger partial charge in [0.25, 0.3) is 5.91 Å². The fourth-order valence-electron chi connectivity index (χ4n) is 2.57. The standard InChI is InChI=1S/C21H22F3NO3/c1-4-5-15-6-11-18(19(12-15)27-3)28-13-20(26)25-14(2)16-7-9-17(10-8-16)21(22,23)24/h4-12,14H,13H2,1-3H3,(H,25,26)/b5-4+. The molecule has 0 aliphatic heterocycles. The van der Waals surface area contributed by atoms with Crippen LogP contribution in [0, 0.1) is 0 Å². The zero-order valence-corrected chi connectivity index (χ0v) is 15.8. The van der Waals surface area contributed by atoms with E-state index >= 15 is 0 Å². The van der Waals surface area contributed by atoms with Crippen molar-refractivity contribution < 1.29 is 27.4 Å². The lowest BCUT2D eigenvalue weighted by Crippen LogP contribution is -2.31. The van der Waals surface area contributed by atoms with E-state index < -0.39 is 23.7 Å². The maximum atomic E-state index is 12.6. The lowest BCUT2D eigenvalue weighted by atomic mass is 10.1. The number of ether oxygens (including phenoxy) is 2. The summed E-state index contributed by atoms with van der Waals surface area (Å²) in [6, 6.07) is 9.55.